The molecule has 0 aliphatic rings. The van der Waals surface area contributed by atoms with E-state index in [9.17, 15) is 9.18 Å². The first-order valence-electron chi connectivity index (χ1n) is 10.6. The Hall–Kier alpha value is -2.62. The molecule has 0 saturated carbocycles. The Bertz CT molecular complexity index is 989. The zero-order valence-electron chi connectivity index (χ0n) is 17.3. The highest BCUT2D eigenvalue weighted by Gasteiger charge is 2.14. The first-order chi connectivity index (χ1) is 14.1. The van der Waals surface area contributed by atoms with Crippen LogP contribution in [0.15, 0.2) is 51.7 Å². The summed E-state index contributed by atoms with van der Waals surface area (Å²) in [6, 6.07) is 13.7. The fraction of sp³-hybridized carbons (Fsp3) is 0.400. The van der Waals surface area contributed by atoms with Crippen LogP contribution in [0.1, 0.15) is 56.4 Å². The van der Waals surface area contributed by atoms with Crippen molar-refractivity contribution in [3.63, 3.8) is 0 Å². The van der Waals surface area contributed by atoms with Crippen molar-refractivity contribution >= 4 is 10.8 Å². The topological polar surface area (TPSA) is 39.4 Å². The molecule has 29 heavy (non-hydrogen) atoms. The molecule has 0 unspecified atom stereocenters. The standard InChI is InChI=1S/C25H29FO3/c1-3-5-7-18-8-10-19(11-9-18)12-14-21-17-20-13-15-22(28-16-6-4-2)24(26)23(20)25(27)29-21/h8-11,13,15,17H,3-7,12,14,16H2,1-2H3. The van der Waals surface area contributed by atoms with E-state index >= 15 is 0 Å². The number of aryl methyl sites for hydroxylation is 3. The van der Waals surface area contributed by atoms with Gasteiger partial charge in [0.05, 0.1) is 6.61 Å². The molecular formula is C25H29FO3. The molecule has 154 valence electrons. The lowest BCUT2D eigenvalue weighted by Crippen LogP contribution is -2.07. The summed E-state index contributed by atoms with van der Waals surface area (Å²) in [5.74, 6) is 0.0346. The van der Waals surface area contributed by atoms with Crippen LogP contribution in [0, 0.1) is 5.82 Å². The molecule has 0 saturated heterocycles. The summed E-state index contributed by atoms with van der Waals surface area (Å²) in [5.41, 5.74) is 1.89. The summed E-state index contributed by atoms with van der Waals surface area (Å²) in [6.45, 7) is 4.66. The third-order valence-corrected chi connectivity index (χ3v) is 5.14. The van der Waals surface area contributed by atoms with Gasteiger partial charge in [-0.3, -0.25) is 0 Å². The van der Waals surface area contributed by atoms with Gasteiger partial charge in [-0.25, -0.2) is 9.18 Å². The van der Waals surface area contributed by atoms with E-state index in [0.29, 0.717) is 24.2 Å². The van der Waals surface area contributed by atoms with Crippen LogP contribution in [0.3, 0.4) is 0 Å². The molecule has 0 fully saturated rings. The number of hydrogen-bond acceptors (Lipinski definition) is 3. The van der Waals surface area contributed by atoms with E-state index in [0.717, 1.165) is 25.7 Å². The van der Waals surface area contributed by atoms with Crippen molar-refractivity contribution in [2.24, 2.45) is 0 Å². The lowest BCUT2D eigenvalue weighted by atomic mass is 10.0. The van der Waals surface area contributed by atoms with E-state index in [2.05, 4.69) is 31.2 Å². The van der Waals surface area contributed by atoms with Gasteiger partial charge in [-0.15, -0.1) is 0 Å². The highest BCUT2D eigenvalue weighted by Crippen LogP contribution is 2.25. The van der Waals surface area contributed by atoms with Crippen LogP contribution in [0.25, 0.3) is 10.8 Å². The normalized spacial score (nSPS) is 11.1. The minimum absolute atomic E-state index is 0.0389. The average Bonchev–Trinajstić information content (AvgIpc) is 2.73. The number of ether oxygens (including phenoxy) is 1. The summed E-state index contributed by atoms with van der Waals surface area (Å²) in [7, 11) is 0. The third-order valence-electron chi connectivity index (χ3n) is 5.14. The van der Waals surface area contributed by atoms with Gasteiger partial charge in [-0.1, -0.05) is 57.0 Å². The maximum Gasteiger partial charge on any atom is 0.346 e. The predicted molar refractivity (Wildman–Crippen MR) is 115 cm³/mol. The van der Waals surface area contributed by atoms with Crippen molar-refractivity contribution in [1.29, 1.82) is 0 Å². The monoisotopic (exact) mass is 396 g/mol. The second-order valence-corrected chi connectivity index (χ2v) is 7.46. The van der Waals surface area contributed by atoms with Crippen molar-refractivity contribution in [2.45, 2.75) is 58.8 Å². The van der Waals surface area contributed by atoms with Gasteiger partial charge in [0.25, 0.3) is 0 Å². The zero-order chi connectivity index (χ0) is 20.6. The maximum atomic E-state index is 14.7. The van der Waals surface area contributed by atoms with Crippen molar-refractivity contribution in [1.82, 2.24) is 0 Å². The minimum Gasteiger partial charge on any atom is -0.490 e. The first kappa shape index (κ1) is 21.1. The molecule has 0 radical (unpaired) electrons. The molecule has 1 aromatic heterocycles. The largest absolute Gasteiger partial charge is 0.490 e. The summed E-state index contributed by atoms with van der Waals surface area (Å²) >= 11 is 0. The quantitative estimate of drug-likeness (QED) is 0.381. The molecule has 2 aromatic carbocycles. The molecular weight excluding hydrogens is 367 g/mol. The molecule has 0 spiro atoms. The number of benzene rings is 2. The molecule has 0 amide bonds. The number of rotatable bonds is 10. The minimum atomic E-state index is -0.647. The number of halogens is 1. The molecule has 0 aliphatic carbocycles. The van der Waals surface area contributed by atoms with Gasteiger partial charge in [-0.05, 0) is 54.3 Å². The fourth-order valence-corrected chi connectivity index (χ4v) is 3.35. The van der Waals surface area contributed by atoms with Gasteiger partial charge in [-0.2, -0.15) is 0 Å². The van der Waals surface area contributed by atoms with E-state index in [1.54, 1.807) is 18.2 Å². The summed E-state index contributed by atoms with van der Waals surface area (Å²) in [4.78, 5) is 12.4. The van der Waals surface area contributed by atoms with Crippen LogP contribution < -0.4 is 10.4 Å². The molecule has 0 bridgehead atoms. The van der Waals surface area contributed by atoms with Crippen molar-refractivity contribution < 1.29 is 13.5 Å². The fourth-order valence-electron chi connectivity index (χ4n) is 3.35. The molecule has 3 nitrogen and oxygen atoms in total. The van der Waals surface area contributed by atoms with Gasteiger partial charge in [0, 0.05) is 6.42 Å². The lowest BCUT2D eigenvalue weighted by molar-refractivity contribution is 0.295. The smallest absolute Gasteiger partial charge is 0.346 e. The van der Waals surface area contributed by atoms with E-state index in [4.69, 9.17) is 9.15 Å². The van der Waals surface area contributed by atoms with Crippen LogP contribution in [-0.2, 0) is 19.3 Å². The lowest BCUT2D eigenvalue weighted by Gasteiger charge is -2.09. The molecule has 0 aliphatic heterocycles. The maximum absolute atomic E-state index is 14.7. The molecule has 0 atom stereocenters. The van der Waals surface area contributed by atoms with Gasteiger partial charge >= 0.3 is 5.63 Å². The second kappa shape index (κ2) is 10.2. The summed E-state index contributed by atoms with van der Waals surface area (Å²) in [6.07, 6.45) is 6.65. The molecule has 3 rings (SSSR count). The van der Waals surface area contributed by atoms with Crippen molar-refractivity contribution in [3.8, 4) is 5.75 Å². The summed E-state index contributed by atoms with van der Waals surface area (Å²) in [5, 5.41) is 0.509. The Morgan fingerprint density at radius 1 is 0.897 bits per heavy atom. The Labute approximate surface area is 171 Å². The highest BCUT2D eigenvalue weighted by molar-refractivity contribution is 5.83. The van der Waals surface area contributed by atoms with Gasteiger partial charge in [0.15, 0.2) is 11.6 Å². The predicted octanol–water partition coefficient (Wildman–Crippen LogP) is 6.24. The Morgan fingerprint density at radius 2 is 1.59 bits per heavy atom. The third kappa shape index (κ3) is 5.47. The number of hydrogen-bond donors (Lipinski definition) is 0. The highest BCUT2D eigenvalue weighted by atomic mass is 19.1. The Balaban J connectivity index is 1.72. The van der Waals surface area contributed by atoms with Crippen LogP contribution >= 0.6 is 0 Å². The van der Waals surface area contributed by atoms with E-state index < -0.39 is 11.4 Å². The molecule has 0 N–H and O–H groups in total. The second-order valence-electron chi connectivity index (χ2n) is 7.46. The van der Waals surface area contributed by atoms with Crippen LogP contribution in [0.4, 0.5) is 4.39 Å². The molecule has 1 heterocycles. The van der Waals surface area contributed by atoms with Crippen molar-refractivity contribution in [3.05, 3.63) is 75.6 Å². The molecule has 4 heteroatoms. The Morgan fingerprint density at radius 3 is 2.28 bits per heavy atom. The van der Waals surface area contributed by atoms with Gasteiger partial charge < -0.3 is 9.15 Å². The van der Waals surface area contributed by atoms with Crippen LogP contribution in [0.2, 0.25) is 0 Å². The first-order valence-corrected chi connectivity index (χ1v) is 10.6. The van der Waals surface area contributed by atoms with Crippen molar-refractivity contribution in [2.75, 3.05) is 6.61 Å². The SMILES string of the molecule is CCCCOc1ccc2cc(CCc3ccc(CCCC)cc3)oc(=O)c2c1F. The number of fused-ring (bicyclic) bond motifs is 1. The van der Waals surface area contributed by atoms with Gasteiger partial charge in [0.2, 0.25) is 0 Å². The van der Waals surface area contributed by atoms with E-state index in [1.807, 2.05) is 6.92 Å². The van der Waals surface area contributed by atoms with E-state index in [-0.39, 0.29) is 11.1 Å². The number of unbranched alkanes of at least 4 members (excludes halogenated alkanes) is 2. The summed E-state index contributed by atoms with van der Waals surface area (Å²) < 4.78 is 25.5. The molecule has 3 aromatic rings. The zero-order valence-corrected chi connectivity index (χ0v) is 17.3. The Kier molecular flexibility index (Phi) is 7.45. The van der Waals surface area contributed by atoms with Gasteiger partial charge in [0.1, 0.15) is 11.1 Å². The average molecular weight is 397 g/mol. The van der Waals surface area contributed by atoms with Crippen LogP contribution in [0.5, 0.6) is 5.75 Å². The van der Waals surface area contributed by atoms with Crippen LogP contribution in [-0.4, -0.2) is 6.61 Å². The van der Waals surface area contributed by atoms with E-state index in [1.165, 1.54) is 24.0 Å².